The highest BCUT2D eigenvalue weighted by Gasteiger charge is 2.31. The molecule has 4 nitrogen and oxygen atoms in total. The van der Waals surface area contributed by atoms with Gasteiger partial charge in [0.15, 0.2) is 0 Å². The van der Waals surface area contributed by atoms with E-state index in [0.717, 1.165) is 11.4 Å². The Kier molecular flexibility index (Phi) is 4.59. The fraction of sp³-hybridized carbons (Fsp3) is 0.500. The first kappa shape index (κ1) is 14.4. The number of primary amides is 1. The van der Waals surface area contributed by atoms with Crippen LogP contribution in [0.15, 0.2) is 24.3 Å². The summed E-state index contributed by atoms with van der Waals surface area (Å²) in [6.07, 6.45) is 0.680. The van der Waals surface area contributed by atoms with E-state index < -0.39 is 5.54 Å². The molecule has 1 rings (SSSR count). The van der Waals surface area contributed by atoms with E-state index in [1.54, 1.807) is 7.11 Å². The first-order chi connectivity index (χ1) is 8.37. The summed E-state index contributed by atoms with van der Waals surface area (Å²) in [4.78, 5) is 11.6. The number of benzene rings is 1. The molecule has 1 atom stereocenters. The van der Waals surface area contributed by atoms with Crippen LogP contribution in [0.1, 0.15) is 27.2 Å². The molecular formula is C14H22N2O2. The normalized spacial score (nSPS) is 14.1. The number of nitrogens with one attached hydrogen (secondary N) is 1. The fourth-order valence-corrected chi connectivity index (χ4v) is 2.05. The molecule has 1 amide bonds. The average Bonchev–Trinajstić information content (AvgIpc) is 2.27. The number of ether oxygens (including phenoxy) is 1. The monoisotopic (exact) mass is 250 g/mol. The number of hydrogen-bond acceptors (Lipinski definition) is 3. The van der Waals surface area contributed by atoms with E-state index in [1.165, 1.54) is 0 Å². The molecule has 0 aliphatic carbocycles. The van der Waals surface area contributed by atoms with Gasteiger partial charge in [0.25, 0.3) is 0 Å². The van der Waals surface area contributed by atoms with Gasteiger partial charge in [0.1, 0.15) is 11.3 Å². The van der Waals surface area contributed by atoms with Crippen molar-refractivity contribution in [2.24, 2.45) is 11.7 Å². The van der Waals surface area contributed by atoms with E-state index in [9.17, 15) is 4.79 Å². The van der Waals surface area contributed by atoms with Gasteiger partial charge in [0, 0.05) is 11.8 Å². The second-order valence-electron chi connectivity index (χ2n) is 5.15. The van der Waals surface area contributed by atoms with Crippen LogP contribution in [0.2, 0.25) is 0 Å². The highest BCUT2D eigenvalue weighted by Crippen LogP contribution is 2.24. The second-order valence-corrected chi connectivity index (χ2v) is 5.15. The standard InChI is InChI=1S/C14H22N2O2/c1-10(2)9-14(3,13(15)17)16-11-6-5-7-12(8-11)18-4/h5-8,10,16H,9H2,1-4H3,(H2,15,17). The van der Waals surface area contributed by atoms with Crippen molar-refractivity contribution in [2.75, 3.05) is 12.4 Å². The largest absolute Gasteiger partial charge is 0.497 e. The lowest BCUT2D eigenvalue weighted by Gasteiger charge is -2.30. The van der Waals surface area contributed by atoms with Gasteiger partial charge in [-0.05, 0) is 31.4 Å². The van der Waals surface area contributed by atoms with E-state index in [1.807, 2.05) is 31.2 Å². The zero-order valence-electron chi connectivity index (χ0n) is 11.5. The highest BCUT2D eigenvalue weighted by molar-refractivity contribution is 5.87. The van der Waals surface area contributed by atoms with E-state index >= 15 is 0 Å². The lowest BCUT2D eigenvalue weighted by molar-refractivity contribution is -0.122. The molecule has 0 fully saturated rings. The molecule has 0 bridgehead atoms. The van der Waals surface area contributed by atoms with Crippen molar-refractivity contribution in [1.82, 2.24) is 0 Å². The summed E-state index contributed by atoms with van der Waals surface area (Å²) in [5.41, 5.74) is 5.59. The summed E-state index contributed by atoms with van der Waals surface area (Å²) in [5.74, 6) is 0.774. The predicted molar refractivity (Wildman–Crippen MR) is 73.7 cm³/mol. The number of carbonyl (C=O) groups excluding carboxylic acids is 1. The average molecular weight is 250 g/mol. The van der Waals surface area contributed by atoms with E-state index in [-0.39, 0.29) is 5.91 Å². The summed E-state index contributed by atoms with van der Waals surface area (Å²) < 4.78 is 5.15. The van der Waals surface area contributed by atoms with Crippen LogP contribution in [0.5, 0.6) is 5.75 Å². The third-order valence-electron chi connectivity index (χ3n) is 2.85. The number of carbonyl (C=O) groups is 1. The van der Waals surface area contributed by atoms with Gasteiger partial charge in [-0.1, -0.05) is 19.9 Å². The van der Waals surface area contributed by atoms with Gasteiger partial charge in [0.2, 0.25) is 5.91 Å². The molecule has 3 N–H and O–H groups in total. The SMILES string of the molecule is COc1cccc(NC(C)(CC(C)C)C(N)=O)c1. The Hall–Kier alpha value is -1.71. The lowest BCUT2D eigenvalue weighted by atomic mass is 9.89. The number of anilines is 1. The zero-order chi connectivity index (χ0) is 13.8. The van der Waals surface area contributed by atoms with Gasteiger partial charge in [0.05, 0.1) is 7.11 Å². The number of amides is 1. The van der Waals surface area contributed by atoms with Gasteiger partial charge in [-0.25, -0.2) is 0 Å². The van der Waals surface area contributed by atoms with E-state index in [4.69, 9.17) is 10.5 Å². The van der Waals surface area contributed by atoms with Crippen LogP contribution >= 0.6 is 0 Å². The molecule has 0 saturated heterocycles. The van der Waals surface area contributed by atoms with Crippen LogP contribution in [0.3, 0.4) is 0 Å². The minimum Gasteiger partial charge on any atom is -0.497 e. The van der Waals surface area contributed by atoms with Crippen LogP contribution in [0.25, 0.3) is 0 Å². The van der Waals surface area contributed by atoms with Crippen LogP contribution in [-0.2, 0) is 4.79 Å². The summed E-state index contributed by atoms with van der Waals surface area (Å²) in [6.45, 7) is 5.96. The third-order valence-corrected chi connectivity index (χ3v) is 2.85. The van der Waals surface area contributed by atoms with Gasteiger partial charge >= 0.3 is 0 Å². The molecule has 0 aromatic heterocycles. The zero-order valence-corrected chi connectivity index (χ0v) is 11.5. The summed E-state index contributed by atoms with van der Waals surface area (Å²) in [6, 6.07) is 7.47. The molecular weight excluding hydrogens is 228 g/mol. The van der Waals surface area contributed by atoms with Crippen molar-refractivity contribution in [3.05, 3.63) is 24.3 Å². The molecule has 0 radical (unpaired) electrons. The molecule has 0 aliphatic heterocycles. The van der Waals surface area contributed by atoms with Crippen molar-refractivity contribution in [3.63, 3.8) is 0 Å². The smallest absolute Gasteiger partial charge is 0.242 e. The third kappa shape index (κ3) is 3.65. The quantitative estimate of drug-likeness (QED) is 0.814. The maximum atomic E-state index is 11.6. The summed E-state index contributed by atoms with van der Waals surface area (Å²) >= 11 is 0. The molecule has 4 heteroatoms. The molecule has 0 heterocycles. The van der Waals surface area contributed by atoms with E-state index in [0.29, 0.717) is 12.3 Å². The van der Waals surface area contributed by atoms with Crippen LogP contribution in [0.4, 0.5) is 5.69 Å². The Bertz CT molecular complexity index is 418. The molecule has 0 aliphatic rings. The van der Waals surface area contributed by atoms with Crippen LogP contribution in [-0.4, -0.2) is 18.6 Å². The number of rotatable bonds is 6. The van der Waals surface area contributed by atoms with Crippen LogP contribution in [0, 0.1) is 5.92 Å². The second kappa shape index (κ2) is 5.76. The van der Waals surface area contributed by atoms with E-state index in [2.05, 4.69) is 19.2 Å². The minimum atomic E-state index is -0.749. The van der Waals surface area contributed by atoms with Gasteiger partial charge in [-0.15, -0.1) is 0 Å². The fourth-order valence-electron chi connectivity index (χ4n) is 2.05. The van der Waals surface area contributed by atoms with Gasteiger partial charge in [-0.2, -0.15) is 0 Å². The van der Waals surface area contributed by atoms with Crippen LogP contribution < -0.4 is 15.8 Å². The number of methoxy groups -OCH3 is 1. The molecule has 100 valence electrons. The number of hydrogen-bond donors (Lipinski definition) is 2. The molecule has 0 saturated carbocycles. The van der Waals surface area contributed by atoms with Gasteiger partial charge < -0.3 is 15.8 Å². The Labute approximate surface area is 109 Å². The molecule has 1 aromatic carbocycles. The lowest BCUT2D eigenvalue weighted by Crippen LogP contribution is -2.48. The van der Waals surface area contributed by atoms with Gasteiger partial charge in [-0.3, -0.25) is 4.79 Å². The Balaban J connectivity index is 2.92. The van der Waals surface area contributed by atoms with Crippen molar-refractivity contribution in [1.29, 1.82) is 0 Å². The summed E-state index contributed by atoms with van der Waals surface area (Å²) in [7, 11) is 1.61. The molecule has 1 aromatic rings. The summed E-state index contributed by atoms with van der Waals surface area (Å²) in [5, 5.41) is 3.21. The minimum absolute atomic E-state index is 0.348. The Morgan fingerprint density at radius 2 is 2.17 bits per heavy atom. The Morgan fingerprint density at radius 3 is 2.67 bits per heavy atom. The maximum absolute atomic E-state index is 11.6. The van der Waals surface area contributed by atoms with Crippen molar-refractivity contribution in [2.45, 2.75) is 32.7 Å². The van der Waals surface area contributed by atoms with Crippen molar-refractivity contribution < 1.29 is 9.53 Å². The maximum Gasteiger partial charge on any atom is 0.242 e. The number of nitrogens with two attached hydrogens (primary N) is 1. The topological polar surface area (TPSA) is 64.3 Å². The highest BCUT2D eigenvalue weighted by atomic mass is 16.5. The molecule has 18 heavy (non-hydrogen) atoms. The van der Waals surface area contributed by atoms with Crippen molar-refractivity contribution in [3.8, 4) is 5.75 Å². The molecule has 0 spiro atoms. The molecule has 1 unspecified atom stereocenters. The Morgan fingerprint density at radius 1 is 1.50 bits per heavy atom. The van der Waals surface area contributed by atoms with Crippen molar-refractivity contribution >= 4 is 11.6 Å². The predicted octanol–water partition coefficient (Wildman–Crippen LogP) is 2.40. The first-order valence-electron chi connectivity index (χ1n) is 6.09. The first-order valence-corrected chi connectivity index (χ1v) is 6.09.